The van der Waals surface area contributed by atoms with Crippen LogP contribution in [0.3, 0.4) is 0 Å². The van der Waals surface area contributed by atoms with Crippen LogP contribution < -0.4 is 5.32 Å². The van der Waals surface area contributed by atoms with E-state index in [-0.39, 0.29) is 0 Å². The molecule has 0 aliphatic rings. The van der Waals surface area contributed by atoms with Crippen molar-refractivity contribution in [1.82, 2.24) is 5.32 Å². The van der Waals surface area contributed by atoms with Gasteiger partial charge in [-0.25, -0.2) is 0 Å². The van der Waals surface area contributed by atoms with E-state index in [1.54, 1.807) is 0 Å². The quantitative estimate of drug-likeness (QED) is 0.700. The highest BCUT2D eigenvalue weighted by Crippen LogP contribution is 2.07. The van der Waals surface area contributed by atoms with E-state index in [0.29, 0.717) is 6.67 Å². The van der Waals surface area contributed by atoms with Crippen molar-refractivity contribution in [2.75, 3.05) is 13.7 Å². The van der Waals surface area contributed by atoms with Crippen LogP contribution in [0, 0.1) is 6.92 Å². The van der Waals surface area contributed by atoms with Gasteiger partial charge in [0.05, 0.1) is 6.67 Å². The molecule has 0 saturated carbocycles. The molecule has 0 aliphatic carbocycles. The van der Waals surface area contributed by atoms with E-state index in [1.165, 1.54) is 11.1 Å². The van der Waals surface area contributed by atoms with Gasteiger partial charge < -0.3 is 5.32 Å². The van der Waals surface area contributed by atoms with E-state index < -0.39 is 0 Å². The van der Waals surface area contributed by atoms with E-state index in [2.05, 4.69) is 29.4 Å². The van der Waals surface area contributed by atoms with E-state index in [1.807, 2.05) is 26.1 Å². The van der Waals surface area contributed by atoms with Crippen LogP contribution in [0.2, 0.25) is 0 Å². The Morgan fingerprint density at radius 2 is 2.08 bits per heavy atom. The third-order valence-electron chi connectivity index (χ3n) is 2.01. The van der Waals surface area contributed by atoms with Crippen molar-refractivity contribution < 1.29 is 0 Å². The van der Waals surface area contributed by atoms with Crippen LogP contribution in [0.15, 0.2) is 29.3 Å². The molecular formula is C11H16N2. The number of hydrogen-bond acceptors (Lipinski definition) is 2. The molecule has 2 nitrogen and oxygen atoms in total. The van der Waals surface area contributed by atoms with Gasteiger partial charge in [0.1, 0.15) is 0 Å². The Hall–Kier alpha value is -1.15. The first-order valence-electron chi connectivity index (χ1n) is 4.47. The third kappa shape index (κ3) is 2.67. The molecule has 0 aliphatic heterocycles. The lowest BCUT2D eigenvalue weighted by Crippen LogP contribution is -2.08. The van der Waals surface area contributed by atoms with Gasteiger partial charge in [-0.2, -0.15) is 0 Å². The van der Waals surface area contributed by atoms with E-state index >= 15 is 0 Å². The minimum absolute atomic E-state index is 0.681. The van der Waals surface area contributed by atoms with Gasteiger partial charge in [-0.1, -0.05) is 24.3 Å². The Bertz CT molecular complexity index is 303. The number of benzene rings is 1. The molecular weight excluding hydrogens is 160 g/mol. The highest BCUT2D eigenvalue weighted by molar-refractivity contribution is 5.99. The first-order chi connectivity index (χ1) is 6.25. The van der Waals surface area contributed by atoms with E-state index in [0.717, 1.165) is 5.71 Å². The fourth-order valence-electron chi connectivity index (χ4n) is 1.26. The van der Waals surface area contributed by atoms with Gasteiger partial charge in [-0.3, -0.25) is 4.99 Å². The molecule has 0 heterocycles. The molecule has 1 aromatic carbocycles. The maximum atomic E-state index is 4.38. The Labute approximate surface area is 79.7 Å². The van der Waals surface area contributed by atoms with Gasteiger partial charge in [0.15, 0.2) is 0 Å². The Kier molecular flexibility index (Phi) is 3.65. The van der Waals surface area contributed by atoms with Crippen molar-refractivity contribution in [2.24, 2.45) is 4.99 Å². The van der Waals surface area contributed by atoms with Gasteiger partial charge in [0.2, 0.25) is 0 Å². The maximum Gasteiger partial charge on any atom is 0.0885 e. The zero-order valence-corrected chi connectivity index (χ0v) is 8.46. The lowest BCUT2D eigenvalue weighted by molar-refractivity contribution is 0.834. The molecule has 13 heavy (non-hydrogen) atoms. The number of rotatable bonds is 3. The second-order valence-electron chi connectivity index (χ2n) is 3.07. The molecule has 70 valence electrons. The Balaban J connectivity index is 2.88. The number of nitrogens with zero attached hydrogens (tertiary/aromatic N) is 1. The van der Waals surface area contributed by atoms with Crippen molar-refractivity contribution in [3.8, 4) is 0 Å². The van der Waals surface area contributed by atoms with Gasteiger partial charge in [0, 0.05) is 5.71 Å². The molecule has 0 unspecified atom stereocenters. The van der Waals surface area contributed by atoms with Crippen LogP contribution in [0.25, 0.3) is 0 Å². The molecule has 0 bridgehead atoms. The third-order valence-corrected chi connectivity index (χ3v) is 2.01. The predicted molar refractivity (Wildman–Crippen MR) is 57.3 cm³/mol. The highest BCUT2D eigenvalue weighted by Gasteiger charge is 1.98. The minimum Gasteiger partial charge on any atom is -0.301 e. The molecule has 0 spiro atoms. The van der Waals surface area contributed by atoms with Crippen LogP contribution in [-0.2, 0) is 0 Å². The molecule has 0 fully saturated rings. The molecule has 2 heteroatoms. The van der Waals surface area contributed by atoms with Crippen LogP contribution >= 0.6 is 0 Å². The van der Waals surface area contributed by atoms with Crippen molar-refractivity contribution in [3.63, 3.8) is 0 Å². The monoisotopic (exact) mass is 176 g/mol. The molecule has 0 saturated heterocycles. The maximum absolute atomic E-state index is 4.38. The van der Waals surface area contributed by atoms with E-state index in [9.17, 15) is 0 Å². The lowest BCUT2D eigenvalue weighted by atomic mass is 10.1. The second-order valence-corrected chi connectivity index (χ2v) is 3.07. The molecule has 0 radical (unpaired) electrons. The fourth-order valence-corrected chi connectivity index (χ4v) is 1.26. The second kappa shape index (κ2) is 4.77. The topological polar surface area (TPSA) is 24.4 Å². The molecule has 0 aromatic heterocycles. The smallest absolute Gasteiger partial charge is 0.0885 e. The summed E-state index contributed by atoms with van der Waals surface area (Å²) < 4.78 is 0. The highest BCUT2D eigenvalue weighted by atomic mass is 15.0. The van der Waals surface area contributed by atoms with Crippen LogP contribution in [-0.4, -0.2) is 19.4 Å². The summed E-state index contributed by atoms with van der Waals surface area (Å²) in [7, 11) is 1.90. The summed E-state index contributed by atoms with van der Waals surface area (Å²) in [6.07, 6.45) is 0. The molecule has 1 N–H and O–H groups in total. The first kappa shape index (κ1) is 9.93. The van der Waals surface area contributed by atoms with Crippen molar-refractivity contribution >= 4 is 5.71 Å². The van der Waals surface area contributed by atoms with Gasteiger partial charge in [-0.05, 0) is 32.0 Å². The van der Waals surface area contributed by atoms with Crippen LogP contribution in [0.1, 0.15) is 18.1 Å². The number of aliphatic imine (C=N–C) groups is 1. The largest absolute Gasteiger partial charge is 0.301 e. The first-order valence-corrected chi connectivity index (χ1v) is 4.47. The Morgan fingerprint density at radius 1 is 1.38 bits per heavy atom. The van der Waals surface area contributed by atoms with Crippen LogP contribution in [0.5, 0.6) is 0 Å². The molecule has 1 aromatic rings. The summed E-state index contributed by atoms with van der Waals surface area (Å²) in [6, 6.07) is 8.29. The number of aryl methyl sites for hydroxylation is 1. The van der Waals surface area contributed by atoms with Crippen molar-refractivity contribution in [3.05, 3.63) is 35.4 Å². The summed E-state index contributed by atoms with van der Waals surface area (Å²) in [4.78, 5) is 4.38. The summed E-state index contributed by atoms with van der Waals surface area (Å²) in [5.74, 6) is 0. The average Bonchev–Trinajstić information content (AvgIpc) is 2.15. The van der Waals surface area contributed by atoms with Gasteiger partial charge in [0.25, 0.3) is 0 Å². The summed E-state index contributed by atoms with van der Waals surface area (Å²) in [5, 5.41) is 3.00. The number of nitrogens with one attached hydrogen (secondary N) is 1. The summed E-state index contributed by atoms with van der Waals surface area (Å²) in [6.45, 7) is 4.83. The standard InChI is InChI=1S/C11H16N2/c1-9-6-4-5-7-11(9)10(2)13-8-12-3/h4-7,12H,8H2,1-3H3. The van der Waals surface area contributed by atoms with Gasteiger partial charge >= 0.3 is 0 Å². The summed E-state index contributed by atoms with van der Waals surface area (Å²) in [5.41, 5.74) is 3.60. The SMILES string of the molecule is CNCN=C(C)c1ccccc1C. The Morgan fingerprint density at radius 3 is 2.69 bits per heavy atom. The zero-order valence-electron chi connectivity index (χ0n) is 8.46. The van der Waals surface area contributed by atoms with E-state index in [4.69, 9.17) is 0 Å². The number of hydrogen-bond donors (Lipinski definition) is 1. The fraction of sp³-hybridized carbons (Fsp3) is 0.364. The van der Waals surface area contributed by atoms with Crippen molar-refractivity contribution in [1.29, 1.82) is 0 Å². The normalized spacial score (nSPS) is 11.8. The van der Waals surface area contributed by atoms with Crippen LogP contribution in [0.4, 0.5) is 0 Å². The molecule has 0 amide bonds. The van der Waals surface area contributed by atoms with Gasteiger partial charge in [-0.15, -0.1) is 0 Å². The minimum atomic E-state index is 0.681. The molecule has 1 rings (SSSR count). The predicted octanol–water partition coefficient (Wildman–Crippen LogP) is 1.98. The molecule has 0 atom stereocenters. The van der Waals surface area contributed by atoms with Crippen molar-refractivity contribution in [2.45, 2.75) is 13.8 Å². The summed E-state index contributed by atoms with van der Waals surface area (Å²) >= 11 is 0. The zero-order chi connectivity index (χ0) is 9.68. The average molecular weight is 176 g/mol. The lowest BCUT2D eigenvalue weighted by Gasteiger charge is -2.04.